The van der Waals surface area contributed by atoms with Gasteiger partial charge >= 0.3 is 5.97 Å². The van der Waals surface area contributed by atoms with Gasteiger partial charge in [-0.25, -0.2) is 4.79 Å². The Balaban J connectivity index is 1.82. The first kappa shape index (κ1) is 16.3. The lowest BCUT2D eigenvalue weighted by Gasteiger charge is -2.30. The Labute approximate surface area is 129 Å². The topological polar surface area (TPSA) is 76.1 Å². The summed E-state index contributed by atoms with van der Waals surface area (Å²) in [5.41, 5.74) is 2.20. The minimum atomic E-state index is -1.04. The zero-order chi connectivity index (χ0) is 16.1. The average molecular weight is 307 g/mol. The van der Waals surface area contributed by atoms with E-state index >= 15 is 0 Å². The summed E-state index contributed by atoms with van der Waals surface area (Å²) >= 11 is 0. The van der Waals surface area contributed by atoms with Crippen LogP contribution >= 0.6 is 0 Å². The Morgan fingerprint density at radius 1 is 1.41 bits per heavy atom. The number of ether oxygens (including phenoxy) is 2. The van der Waals surface area contributed by atoms with Crippen LogP contribution < -0.4 is 4.74 Å². The van der Waals surface area contributed by atoms with Crippen LogP contribution in [-0.2, 0) is 14.3 Å². The summed E-state index contributed by atoms with van der Waals surface area (Å²) in [6.07, 6.45) is -0.711. The molecule has 1 heterocycles. The third-order valence-corrected chi connectivity index (χ3v) is 3.82. The molecule has 120 valence electrons. The molecular weight excluding hydrogens is 286 g/mol. The summed E-state index contributed by atoms with van der Waals surface area (Å²) in [4.78, 5) is 24.5. The van der Waals surface area contributed by atoms with Crippen molar-refractivity contribution in [1.29, 1.82) is 0 Å². The highest BCUT2D eigenvalue weighted by molar-refractivity contribution is 5.78. The van der Waals surface area contributed by atoms with Gasteiger partial charge in [0.15, 0.2) is 6.10 Å². The average Bonchev–Trinajstić information content (AvgIpc) is 2.51. The molecule has 6 heteroatoms. The standard InChI is InChI=1S/C16H21NO5/c1-11-4-3-5-13(12(11)2)21-8-6-15(18)17-7-9-22-14(10-17)16(19)20/h3-5,14H,6-10H2,1-2H3,(H,19,20). The van der Waals surface area contributed by atoms with E-state index in [0.29, 0.717) is 6.54 Å². The predicted octanol–water partition coefficient (Wildman–Crippen LogP) is 1.38. The fourth-order valence-electron chi connectivity index (χ4n) is 2.31. The summed E-state index contributed by atoms with van der Waals surface area (Å²) in [5.74, 6) is -0.373. The van der Waals surface area contributed by atoms with Crippen LogP contribution in [0.2, 0.25) is 0 Å². The van der Waals surface area contributed by atoms with E-state index in [1.54, 1.807) is 0 Å². The van der Waals surface area contributed by atoms with Gasteiger partial charge < -0.3 is 19.5 Å². The second-order valence-corrected chi connectivity index (χ2v) is 5.33. The van der Waals surface area contributed by atoms with Crippen molar-refractivity contribution in [3.8, 4) is 5.75 Å². The van der Waals surface area contributed by atoms with Crippen LogP contribution in [0.25, 0.3) is 0 Å². The lowest BCUT2D eigenvalue weighted by atomic mass is 10.1. The Kier molecular flexibility index (Phi) is 5.38. The quantitative estimate of drug-likeness (QED) is 0.889. The van der Waals surface area contributed by atoms with Crippen LogP contribution in [0, 0.1) is 13.8 Å². The number of carbonyl (C=O) groups is 2. The number of carboxylic acids is 1. The molecule has 1 aromatic rings. The van der Waals surface area contributed by atoms with Crippen molar-refractivity contribution in [3.05, 3.63) is 29.3 Å². The van der Waals surface area contributed by atoms with Crippen molar-refractivity contribution in [1.82, 2.24) is 4.90 Å². The number of morpholine rings is 1. The third kappa shape index (κ3) is 3.98. The van der Waals surface area contributed by atoms with E-state index in [1.807, 2.05) is 32.0 Å². The largest absolute Gasteiger partial charge is 0.493 e. The van der Waals surface area contributed by atoms with E-state index < -0.39 is 12.1 Å². The van der Waals surface area contributed by atoms with Crippen LogP contribution in [0.1, 0.15) is 17.5 Å². The lowest BCUT2D eigenvalue weighted by Crippen LogP contribution is -2.48. The molecule has 0 spiro atoms. The second kappa shape index (κ2) is 7.26. The van der Waals surface area contributed by atoms with E-state index in [0.717, 1.165) is 16.9 Å². The smallest absolute Gasteiger partial charge is 0.334 e. The van der Waals surface area contributed by atoms with Gasteiger partial charge in [-0.05, 0) is 31.0 Å². The van der Waals surface area contributed by atoms with Gasteiger partial charge in [0.1, 0.15) is 5.75 Å². The van der Waals surface area contributed by atoms with Crippen molar-refractivity contribution in [2.24, 2.45) is 0 Å². The molecule has 1 atom stereocenters. The first-order valence-corrected chi connectivity index (χ1v) is 7.30. The van der Waals surface area contributed by atoms with Crippen LogP contribution in [0.4, 0.5) is 0 Å². The number of carbonyl (C=O) groups excluding carboxylic acids is 1. The van der Waals surface area contributed by atoms with Crippen molar-refractivity contribution < 1.29 is 24.2 Å². The molecule has 0 radical (unpaired) electrons. The molecule has 0 aliphatic carbocycles. The molecule has 22 heavy (non-hydrogen) atoms. The molecule has 1 amide bonds. The molecule has 2 rings (SSSR count). The molecule has 1 saturated heterocycles. The maximum absolute atomic E-state index is 12.1. The molecule has 1 aliphatic heterocycles. The van der Waals surface area contributed by atoms with Crippen LogP contribution in [0.3, 0.4) is 0 Å². The maximum atomic E-state index is 12.1. The van der Waals surface area contributed by atoms with E-state index in [2.05, 4.69) is 0 Å². The molecule has 1 N–H and O–H groups in total. The van der Waals surface area contributed by atoms with Gasteiger partial charge in [0, 0.05) is 6.54 Å². The van der Waals surface area contributed by atoms with Crippen molar-refractivity contribution in [3.63, 3.8) is 0 Å². The molecule has 6 nitrogen and oxygen atoms in total. The number of aryl methyl sites for hydroxylation is 1. The zero-order valence-corrected chi connectivity index (χ0v) is 12.9. The lowest BCUT2D eigenvalue weighted by molar-refractivity contribution is -0.159. The van der Waals surface area contributed by atoms with Gasteiger partial charge in [-0.2, -0.15) is 0 Å². The molecule has 0 saturated carbocycles. The molecular formula is C16H21NO5. The molecule has 0 aromatic heterocycles. The van der Waals surface area contributed by atoms with Gasteiger partial charge in [0.25, 0.3) is 0 Å². The summed E-state index contributed by atoms with van der Waals surface area (Å²) in [7, 11) is 0. The number of rotatable bonds is 5. The first-order chi connectivity index (χ1) is 10.5. The number of nitrogens with zero attached hydrogens (tertiary/aromatic N) is 1. The highest BCUT2D eigenvalue weighted by Crippen LogP contribution is 2.20. The minimum Gasteiger partial charge on any atom is -0.493 e. The molecule has 1 fully saturated rings. The van der Waals surface area contributed by atoms with Crippen molar-refractivity contribution in [2.75, 3.05) is 26.3 Å². The summed E-state index contributed by atoms with van der Waals surface area (Å²) in [6, 6.07) is 5.80. The van der Waals surface area contributed by atoms with Crippen molar-refractivity contribution in [2.45, 2.75) is 26.4 Å². The number of carboxylic acid groups (broad SMARTS) is 1. The summed E-state index contributed by atoms with van der Waals surface area (Å²) in [6.45, 7) is 5.03. The zero-order valence-electron chi connectivity index (χ0n) is 12.9. The Hall–Kier alpha value is -2.08. The van der Waals surface area contributed by atoms with Crippen LogP contribution in [0.5, 0.6) is 5.75 Å². The first-order valence-electron chi connectivity index (χ1n) is 7.30. The van der Waals surface area contributed by atoms with E-state index in [4.69, 9.17) is 14.6 Å². The summed E-state index contributed by atoms with van der Waals surface area (Å²) < 4.78 is 10.8. The number of hydrogen-bond acceptors (Lipinski definition) is 4. The second-order valence-electron chi connectivity index (χ2n) is 5.33. The number of benzene rings is 1. The highest BCUT2D eigenvalue weighted by atomic mass is 16.5. The van der Waals surface area contributed by atoms with Gasteiger partial charge in [-0.1, -0.05) is 12.1 Å². The number of hydrogen-bond donors (Lipinski definition) is 1. The monoisotopic (exact) mass is 307 g/mol. The SMILES string of the molecule is Cc1cccc(OCCC(=O)N2CCOC(C(=O)O)C2)c1C. The van der Waals surface area contributed by atoms with Gasteiger partial charge in [0.05, 0.1) is 26.2 Å². The van der Waals surface area contributed by atoms with Crippen molar-refractivity contribution >= 4 is 11.9 Å². The Bertz CT molecular complexity index is 557. The van der Waals surface area contributed by atoms with Crippen LogP contribution in [-0.4, -0.2) is 54.3 Å². The number of amides is 1. The van der Waals surface area contributed by atoms with E-state index in [9.17, 15) is 9.59 Å². The third-order valence-electron chi connectivity index (χ3n) is 3.82. The van der Waals surface area contributed by atoms with E-state index in [-0.39, 0.29) is 32.1 Å². The minimum absolute atomic E-state index is 0.0949. The van der Waals surface area contributed by atoms with Gasteiger partial charge in [0.2, 0.25) is 5.91 Å². The molecule has 1 aromatic carbocycles. The number of aliphatic carboxylic acids is 1. The fraction of sp³-hybridized carbons (Fsp3) is 0.500. The Morgan fingerprint density at radius 3 is 2.91 bits per heavy atom. The fourth-order valence-corrected chi connectivity index (χ4v) is 2.31. The Morgan fingerprint density at radius 2 is 2.18 bits per heavy atom. The molecule has 1 aliphatic rings. The van der Waals surface area contributed by atoms with Crippen LogP contribution in [0.15, 0.2) is 18.2 Å². The van der Waals surface area contributed by atoms with Gasteiger partial charge in [-0.3, -0.25) is 4.79 Å². The predicted molar refractivity (Wildman–Crippen MR) is 80.0 cm³/mol. The summed E-state index contributed by atoms with van der Waals surface area (Å²) in [5, 5.41) is 8.93. The highest BCUT2D eigenvalue weighted by Gasteiger charge is 2.28. The van der Waals surface area contributed by atoms with E-state index in [1.165, 1.54) is 4.90 Å². The van der Waals surface area contributed by atoms with Gasteiger partial charge in [-0.15, -0.1) is 0 Å². The normalized spacial score (nSPS) is 18.1. The molecule has 0 bridgehead atoms. The maximum Gasteiger partial charge on any atom is 0.334 e. The molecule has 1 unspecified atom stereocenters.